The number of anilines is 1. The van der Waals surface area contributed by atoms with Gasteiger partial charge in [0.2, 0.25) is 0 Å². The van der Waals surface area contributed by atoms with Gasteiger partial charge in [0.1, 0.15) is 5.67 Å². The van der Waals surface area contributed by atoms with Crippen LogP contribution in [0.5, 0.6) is 0 Å². The van der Waals surface area contributed by atoms with Gasteiger partial charge in [0.25, 0.3) is 0 Å². The molecule has 0 saturated carbocycles. The monoisotopic (exact) mass is 268 g/mol. The summed E-state index contributed by atoms with van der Waals surface area (Å²) in [5.41, 5.74) is 1.98. The van der Waals surface area contributed by atoms with Gasteiger partial charge < -0.3 is 9.62 Å². The molecule has 0 bridgehead atoms. The van der Waals surface area contributed by atoms with Crippen LogP contribution < -0.4 is 9.62 Å². The smallest absolute Gasteiger partial charge is 0.138 e. The summed E-state index contributed by atoms with van der Waals surface area (Å²) in [6.07, 6.45) is 3.19. The number of hydrogen-bond acceptors (Lipinski definition) is 3. The molecule has 1 N–H and O–H groups in total. The second-order valence-electron chi connectivity index (χ2n) is 4.90. The lowest BCUT2D eigenvalue weighted by molar-refractivity contribution is 0.115. The highest BCUT2D eigenvalue weighted by Crippen LogP contribution is 2.37. The average Bonchev–Trinajstić information content (AvgIpc) is 2.38. The summed E-state index contributed by atoms with van der Waals surface area (Å²) in [7, 11) is 2.03. The van der Waals surface area contributed by atoms with E-state index >= 15 is 0 Å². The number of alkyl halides is 1. The summed E-state index contributed by atoms with van der Waals surface area (Å²) in [5, 5.41) is 3.21. The van der Waals surface area contributed by atoms with Crippen LogP contribution in [-0.4, -0.2) is 26.4 Å². The number of aryl methyl sites for hydroxylation is 1. The summed E-state index contributed by atoms with van der Waals surface area (Å²) in [5.74, 6) is 0. The molecule has 0 spiro atoms. The minimum Gasteiger partial charge on any atom is -0.319 e. The SMILES string of the molecule is CSN(C)c1ccc(C2(F)CCNCC2)cc1C. The minimum absolute atomic E-state index is 0.574. The van der Waals surface area contributed by atoms with E-state index < -0.39 is 5.67 Å². The fourth-order valence-corrected chi connectivity index (χ4v) is 2.90. The lowest BCUT2D eigenvalue weighted by atomic mass is 9.86. The molecule has 1 saturated heterocycles. The van der Waals surface area contributed by atoms with Gasteiger partial charge in [-0.25, -0.2) is 4.39 Å². The first-order valence-corrected chi connectivity index (χ1v) is 7.53. The molecule has 4 heteroatoms. The van der Waals surface area contributed by atoms with Gasteiger partial charge in [0, 0.05) is 19.0 Å². The van der Waals surface area contributed by atoms with Crippen LogP contribution in [0.15, 0.2) is 18.2 Å². The fraction of sp³-hybridized carbons (Fsp3) is 0.571. The topological polar surface area (TPSA) is 15.3 Å². The predicted octanol–water partition coefficient (Wildman–Crippen LogP) is 3.26. The van der Waals surface area contributed by atoms with Crippen LogP contribution in [-0.2, 0) is 5.67 Å². The van der Waals surface area contributed by atoms with Crippen molar-refractivity contribution in [2.45, 2.75) is 25.4 Å². The number of nitrogens with one attached hydrogen (secondary N) is 1. The van der Waals surface area contributed by atoms with Gasteiger partial charge in [-0.15, -0.1) is 0 Å². The van der Waals surface area contributed by atoms with E-state index in [0.29, 0.717) is 12.8 Å². The maximum absolute atomic E-state index is 14.8. The first kappa shape index (κ1) is 13.7. The first-order valence-electron chi connectivity index (χ1n) is 6.35. The maximum atomic E-state index is 14.8. The molecule has 100 valence electrons. The van der Waals surface area contributed by atoms with Crippen molar-refractivity contribution in [3.8, 4) is 0 Å². The highest BCUT2D eigenvalue weighted by atomic mass is 32.2. The van der Waals surface area contributed by atoms with Crippen molar-refractivity contribution in [1.29, 1.82) is 0 Å². The van der Waals surface area contributed by atoms with Crippen LogP contribution in [0, 0.1) is 6.92 Å². The van der Waals surface area contributed by atoms with Crippen LogP contribution in [0.25, 0.3) is 0 Å². The fourth-order valence-electron chi connectivity index (χ4n) is 2.50. The van der Waals surface area contributed by atoms with E-state index in [0.717, 1.165) is 29.9 Å². The van der Waals surface area contributed by atoms with Gasteiger partial charge in [-0.1, -0.05) is 24.1 Å². The van der Waals surface area contributed by atoms with Crippen molar-refractivity contribution < 1.29 is 4.39 Å². The number of halogens is 1. The molecule has 1 aliphatic heterocycles. The molecule has 2 rings (SSSR count). The zero-order valence-electron chi connectivity index (χ0n) is 11.3. The van der Waals surface area contributed by atoms with E-state index in [1.165, 1.54) is 0 Å². The molecule has 1 heterocycles. The second-order valence-corrected chi connectivity index (χ2v) is 5.81. The molecule has 1 fully saturated rings. The lowest BCUT2D eigenvalue weighted by Gasteiger charge is -2.31. The molecule has 2 nitrogen and oxygen atoms in total. The Hall–Kier alpha value is -0.740. The molecule has 0 aliphatic carbocycles. The molecular weight excluding hydrogens is 247 g/mol. The van der Waals surface area contributed by atoms with Crippen molar-refractivity contribution in [2.24, 2.45) is 0 Å². The highest BCUT2D eigenvalue weighted by molar-refractivity contribution is 7.99. The summed E-state index contributed by atoms with van der Waals surface area (Å²) in [6, 6.07) is 5.98. The highest BCUT2D eigenvalue weighted by Gasteiger charge is 2.33. The number of benzene rings is 1. The van der Waals surface area contributed by atoms with Crippen molar-refractivity contribution >= 4 is 17.6 Å². The number of rotatable bonds is 3. The normalized spacial score (nSPS) is 18.7. The number of piperidine rings is 1. The second kappa shape index (κ2) is 5.49. The third-order valence-corrected chi connectivity index (χ3v) is 4.47. The summed E-state index contributed by atoms with van der Waals surface area (Å²) in [4.78, 5) is 0. The van der Waals surface area contributed by atoms with E-state index in [4.69, 9.17) is 0 Å². The Morgan fingerprint density at radius 2 is 2.00 bits per heavy atom. The van der Waals surface area contributed by atoms with Crippen molar-refractivity contribution in [3.05, 3.63) is 29.3 Å². The van der Waals surface area contributed by atoms with Crippen molar-refractivity contribution in [3.63, 3.8) is 0 Å². The van der Waals surface area contributed by atoms with Gasteiger partial charge in [-0.05, 0) is 50.0 Å². The third-order valence-electron chi connectivity index (χ3n) is 3.72. The summed E-state index contributed by atoms with van der Waals surface area (Å²) < 4.78 is 16.9. The van der Waals surface area contributed by atoms with Crippen LogP contribution in [0.4, 0.5) is 10.1 Å². The molecule has 0 atom stereocenters. The molecule has 1 aliphatic rings. The van der Waals surface area contributed by atoms with Gasteiger partial charge in [0.05, 0.1) is 0 Å². The zero-order chi connectivity index (χ0) is 13.2. The van der Waals surface area contributed by atoms with Gasteiger partial charge in [0.15, 0.2) is 0 Å². The minimum atomic E-state index is -1.15. The summed E-state index contributed by atoms with van der Waals surface area (Å²) >= 11 is 1.66. The largest absolute Gasteiger partial charge is 0.319 e. The molecule has 0 unspecified atom stereocenters. The van der Waals surface area contributed by atoms with Crippen LogP contribution in [0.3, 0.4) is 0 Å². The van der Waals surface area contributed by atoms with Gasteiger partial charge in [-0.2, -0.15) is 0 Å². The van der Waals surface area contributed by atoms with Crippen LogP contribution >= 0.6 is 11.9 Å². The Morgan fingerprint density at radius 1 is 1.33 bits per heavy atom. The standard InChI is InChI=1S/C14H21FN2S/c1-11-10-12(4-5-13(11)17(2)18-3)14(15)6-8-16-9-7-14/h4-5,10,16H,6-9H2,1-3H3. The maximum Gasteiger partial charge on any atom is 0.138 e. The van der Waals surface area contributed by atoms with Crippen LogP contribution in [0.1, 0.15) is 24.0 Å². The molecule has 0 amide bonds. The average molecular weight is 268 g/mol. The van der Waals surface area contributed by atoms with Gasteiger partial charge in [-0.3, -0.25) is 0 Å². The number of nitrogens with zero attached hydrogens (tertiary/aromatic N) is 1. The predicted molar refractivity (Wildman–Crippen MR) is 78.0 cm³/mol. The molecular formula is C14H21FN2S. The molecule has 1 aromatic carbocycles. The molecule has 1 aromatic rings. The summed E-state index contributed by atoms with van der Waals surface area (Å²) in [6.45, 7) is 3.58. The van der Waals surface area contributed by atoms with Crippen molar-refractivity contribution in [2.75, 3.05) is 30.7 Å². The molecule has 18 heavy (non-hydrogen) atoms. The van der Waals surface area contributed by atoms with E-state index in [1.54, 1.807) is 11.9 Å². The van der Waals surface area contributed by atoms with Crippen LogP contribution in [0.2, 0.25) is 0 Å². The van der Waals surface area contributed by atoms with Gasteiger partial charge >= 0.3 is 0 Å². The van der Waals surface area contributed by atoms with E-state index in [1.807, 2.05) is 31.5 Å². The lowest BCUT2D eigenvalue weighted by Crippen LogP contribution is -2.36. The van der Waals surface area contributed by atoms with E-state index in [2.05, 4.69) is 16.5 Å². The number of hydrogen-bond donors (Lipinski definition) is 1. The van der Waals surface area contributed by atoms with E-state index in [9.17, 15) is 4.39 Å². The van der Waals surface area contributed by atoms with E-state index in [-0.39, 0.29) is 0 Å². The zero-order valence-corrected chi connectivity index (χ0v) is 12.1. The Balaban J connectivity index is 2.28. The third kappa shape index (κ3) is 2.64. The molecule has 0 aromatic heterocycles. The molecule has 0 radical (unpaired) electrons. The first-order chi connectivity index (χ1) is 8.57. The van der Waals surface area contributed by atoms with Crippen molar-refractivity contribution in [1.82, 2.24) is 5.32 Å². The Bertz CT molecular complexity index is 416. The Morgan fingerprint density at radius 3 is 2.56 bits per heavy atom. The Kier molecular flexibility index (Phi) is 4.17. The quantitative estimate of drug-likeness (QED) is 0.847. The Labute approximate surface area is 113 Å².